The number of esters is 6. The minimum atomic E-state index is -3.87. The lowest BCUT2D eigenvalue weighted by atomic mass is 9.76. The maximum absolute atomic E-state index is 12.9. The van der Waals surface area contributed by atoms with Crippen LogP contribution in [-0.2, 0) is 57.2 Å². The largest absolute Gasteiger partial charge is 0.508 e. The standard InChI is InChI=1S/C18H18O17/c19-5-14(6-20)11(25)30-7(21)1-15(28)3-9(23)32-18(35-13(15)27)17(14)31-8(22)2-16(29,12(26)34-17)4-10(24)33-18/h11,19-20,25,28-29H,1-6H2. The third kappa shape index (κ3) is 3.27. The van der Waals surface area contributed by atoms with Crippen molar-refractivity contribution in [3.8, 4) is 0 Å². The molecule has 17 heteroatoms. The van der Waals surface area contributed by atoms with E-state index in [1.54, 1.807) is 0 Å². The summed E-state index contributed by atoms with van der Waals surface area (Å²) in [5, 5.41) is 52.5. The van der Waals surface area contributed by atoms with E-state index in [1.807, 2.05) is 0 Å². The van der Waals surface area contributed by atoms with Gasteiger partial charge in [0.25, 0.3) is 0 Å². The summed E-state index contributed by atoms with van der Waals surface area (Å²) in [6, 6.07) is 0. The van der Waals surface area contributed by atoms with Crippen molar-refractivity contribution in [3.05, 3.63) is 0 Å². The number of aliphatic hydroxyl groups is 5. The zero-order valence-electron chi connectivity index (χ0n) is 17.5. The van der Waals surface area contributed by atoms with E-state index in [0.29, 0.717) is 0 Å². The van der Waals surface area contributed by atoms with Crippen molar-refractivity contribution in [3.63, 3.8) is 0 Å². The van der Waals surface area contributed by atoms with Crippen LogP contribution in [0.1, 0.15) is 25.7 Å². The van der Waals surface area contributed by atoms with Crippen molar-refractivity contribution < 1.29 is 82.7 Å². The topological polar surface area (TPSA) is 259 Å². The first-order valence-electron chi connectivity index (χ1n) is 9.87. The average Bonchev–Trinajstić information content (AvgIpc) is 2.86. The van der Waals surface area contributed by atoms with Gasteiger partial charge in [-0.25, -0.2) is 9.59 Å². The smallest absolute Gasteiger partial charge is 0.435 e. The van der Waals surface area contributed by atoms with E-state index in [0.717, 1.165) is 0 Å². The number of carbonyl (C=O) groups excluding carboxylic acids is 6. The molecule has 4 rings (SSSR count). The number of hydrogen-bond acceptors (Lipinski definition) is 17. The van der Waals surface area contributed by atoms with Gasteiger partial charge in [0.1, 0.15) is 0 Å². The van der Waals surface area contributed by atoms with Crippen LogP contribution in [0, 0.1) is 5.41 Å². The predicted molar refractivity (Wildman–Crippen MR) is 93.0 cm³/mol. The van der Waals surface area contributed by atoms with E-state index in [2.05, 4.69) is 4.74 Å². The third-order valence-corrected chi connectivity index (χ3v) is 6.06. The Kier molecular flexibility index (Phi) is 5.34. The van der Waals surface area contributed by atoms with Crippen LogP contribution in [0.3, 0.4) is 0 Å². The zero-order chi connectivity index (χ0) is 26.0. The Hall–Kier alpha value is -3.38. The predicted octanol–water partition coefficient (Wildman–Crippen LogP) is -5.04. The molecule has 0 aromatic carbocycles. The van der Waals surface area contributed by atoms with E-state index < -0.39 is 109 Å². The van der Waals surface area contributed by atoms with Crippen LogP contribution >= 0.6 is 0 Å². The summed E-state index contributed by atoms with van der Waals surface area (Å²) in [5.74, 6) is -18.1. The Morgan fingerprint density at radius 2 is 1.09 bits per heavy atom. The molecule has 0 saturated carbocycles. The van der Waals surface area contributed by atoms with Gasteiger partial charge in [0.2, 0.25) is 6.29 Å². The summed E-state index contributed by atoms with van der Waals surface area (Å²) in [6.45, 7) is -3.31. The maximum atomic E-state index is 12.9. The summed E-state index contributed by atoms with van der Waals surface area (Å²) in [7, 11) is 0. The highest BCUT2D eigenvalue weighted by Gasteiger charge is 2.84. The molecule has 2 spiro atoms. The quantitative estimate of drug-likeness (QED) is 0.173. The van der Waals surface area contributed by atoms with Gasteiger partial charge in [-0.3, -0.25) is 19.2 Å². The van der Waals surface area contributed by atoms with Gasteiger partial charge in [0.15, 0.2) is 16.6 Å². The fourth-order valence-electron chi connectivity index (χ4n) is 4.15. The van der Waals surface area contributed by atoms with Crippen molar-refractivity contribution in [1.82, 2.24) is 0 Å². The van der Waals surface area contributed by atoms with Gasteiger partial charge in [0, 0.05) is 0 Å². The van der Waals surface area contributed by atoms with Crippen LogP contribution in [0.2, 0.25) is 0 Å². The molecule has 4 bridgehead atoms. The molecule has 0 aromatic rings. The van der Waals surface area contributed by atoms with Crippen LogP contribution < -0.4 is 0 Å². The first kappa shape index (κ1) is 24.7. The number of ether oxygens (including phenoxy) is 6. The fourth-order valence-corrected chi connectivity index (χ4v) is 4.15. The van der Waals surface area contributed by atoms with E-state index in [-0.39, 0.29) is 0 Å². The van der Waals surface area contributed by atoms with Crippen LogP contribution in [0.4, 0.5) is 0 Å². The highest BCUT2D eigenvalue weighted by molar-refractivity contribution is 5.94. The van der Waals surface area contributed by atoms with Gasteiger partial charge in [0.05, 0.1) is 38.9 Å². The highest BCUT2D eigenvalue weighted by Crippen LogP contribution is 2.54. The highest BCUT2D eigenvalue weighted by atomic mass is 16.9. The number of carbonyl (C=O) groups is 6. The van der Waals surface area contributed by atoms with Crippen LogP contribution in [0.5, 0.6) is 0 Å². The molecule has 17 nitrogen and oxygen atoms in total. The lowest BCUT2D eigenvalue weighted by Crippen LogP contribution is -2.77. The molecule has 4 aliphatic heterocycles. The van der Waals surface area contributed by atoms with Crippen LogP contribution in [0.15, 0.2) is 0 Å². The summed E-state index contributed by atoms with van der Waals surface area (Å²) < 4.78 is 29.6. The average molecular weight is 506 g/mol. The zero-order valence-corrected chi connectivity index (χ0v) is 17.5. The first-order valence-corrected chi connectivity index (χ1v) is 9.87. The monoisotopic (exact) mass is 506 g/mol. The van der Waals surface area contributed by atoms with Crippen molar-refractivity contribution in [1.29, 1.82) is 0 Å². The summed E-state index contributed by atoms with van der Waals surface area (Å²) in [5.41, 5.74) is -9.23. The van der Waals surface area contributed by atoms with Crippen molar-refractivity contribution in [2.24, 2.45) is 5.41 Å². The van der Waals surface area contributed by atoms with Gasteiger partial charge in [-0.05, 0) is 0 Å². The molecule has 4 heterocycles. The van der Waals surface area contributed by atoms with Crippen molar-refractivity contribution >= 4 is 35.8 Å². The lowest BCUT2D eigenvalue weighted by Gasteiger charge is -2.52. The summed E-state index contributed by atoms with van der Waals surface area (Å²) in [4.78, 5) is 76.3. The number of aliphatic hydroxyl groups excluding tert-OH is 3. The lowest BCUT2D eigenvalue weighted by molar-refractivity contribution is -0.484. The molecule has 5 unspecified atom stereocenters. The molecule has 0 aromatic heterocycles. The Labute approximate surface area is 193 Å². The summed E-state index contributed by atoms with van der Waals surface area (Å²) >= 11 is 0. The second kappa shape index (κ2) is 7.56. The molecular formula is C18H18O17. The van der Waals surface area contributed by atoms with E-state index in [4.69, 9.17) is 23.7 Å². The number of rotatable bonds is 2. The molecule has 5 N–H and O–H groups in total. The van der Waals surface area contributed by atoms with Gasteiger partial charge in [-0.1, -0.05) is 0 Å². The number of fused-ring (bicyclic) bond motifs is 4. The van der Waals surface area contributed by atoms with E-state index in [9.17, 15) is 54.3 Å². The molecule has 0 radical (unpaired) electrons. The van der Waals surface area contributed by atoms with Gasteiger partial charge in [-0.15, -0.1) is 0 Å². The fraction of sp³-hybridized carbons (Fsp3) is 0.667. The maximum Gasteiger partial charge on any atom is 0.508 e. The molecular weight excluding hydrogens is 488 g/mol. The van der Waals surface area contributed by atoms with Gasteiger partial charge >= 0.3 is 47.6 Å². The van der Waals surface area contributed by atoms with Gasteiger partial charge < -0.3 is 54.0 Å². The normalized spacial score (nSPS) is 40.9. The summed E-state index contributed by atoms with van der Waals surface area (Å²) in [6.07, 6.45) is -8.16. The molecule has 35 heavy (non-hydrogen) atoms. The SMILES string of the molecule is O=C1CC2(O)CC(=O)OC3(OC(=O)CC4(O)CC(=O)OC3(OC4=O)C(CO)(CO)C(O)O1)OC2=O. The third-order valence-electron chi connectivity index (χ3n) is 6.06. The molecule has 5 atom stereocenters. The minimum absolute atomic E-state index is 1.30. The van der Waals surface area contributed by atoms with E-state index in [1.165, 1.54) is 0 Å². The molecule has 0 amide bonds. The molecule has 4 saturated heterocycles. The van der Waals surface area contributed by atoms with Crippen molar-refractivity contribution in [2.45, 2.75) is 54.9 Å². The second-order valence-electron chi connectivity index (χ2n) is 8.46. The Bertz CT molecular complexity index is 1030. The Morgan fingerprint density at radius 1 is 0.657 bits per heavy atom. The number of hydrogen-bond donors (Lipinski definition) is 5. The van der Waals surface area contributed by atoms with Crippen LogP contribution in [-0.4, -0.2) is 104 Å². The number of cyclic esters (lactones) is 1. The van der Waals surface area contributed by atoms with E-state index >= 15 is 0 Å². The van der Waals surface area contributed by atoms with Crippen molar-refractivity contribution in [2.75, 3.05) is 13.2 Å². The molecule has 0 aliphatic carbocycles. The van der Waals surface area contributed by atoms with Gasteiger partial charge in [-0.2, -0.15) is 0 Å². The minimum Gasteiger partial charge on any atom is -0.435 e. The Morgan fingerprint density at radius 3 is 1.57 bits per heavy atom. The molecule has 192 valence electrons. The second-order valence-corrected chi connectivity index (χ2v) is 8.46. The first-order chi connectivity index (χ1) is 16.2. The molecule has 4 aliphatic rings. The van der Waals surface area contributed by atoms with Crippen LogP contribution in [0.25, 0.3) is 0 Å². The Balaban J connectivity index is 2.14. The molecule has 4 fully saturated rings.